The molecule has 4 aromatic rings. The van der Waals surface area contributed by atoms with Crippen molar-refractivity contribution in [2.75, 3.05) is 0 Å². The van der Waals surface area contributed by atoms with Gasteiger partial charge in [0.1, 0.15) is 12.1 Å². The highest BCUT2D eigenvalue weighted by atomic mass is 19.1. The predicted octanol–water partition coefficient (Wildman–Crippen LogP) is 5.81. The molecular weight excluding hydrogens is 429 g/mol. The minimum atomic E-state index is -0.241. The maximum Gasteiger partial charge on any atom is 0.258 e. The Labute approximate surface area is 197 Å². The van der Waals surface area contributed by atoms with E-state index in [4.69, 9.17) is 4.52 Å². The summed E-state index contributed by atoms with van der Waals surface area (Å²) in [5.74, 6) is 0.979. The van der Waals surface area contributed by atoms with E-state index in [1.807, 2.05) is 37.3 Å². The zero-order valence-corrected chi connectivity index (χ0v) is 18.9. The first-order valence-electron chi connectivity index (χ1n) is 11.6. The maximum atomic E-state index is 14.2. The van der Waals surface area contributed by atoms with Crippen LogP contribution in [0.3, 0.4) is 0 Å². The van der Waals surface area contributed by atoms with Gasteiger partial charge in [-0.2, -0.15) is 4.98 Å². The molecule has 0 unspecified atom stereocenters. The molecule has 0 N–H and O–H groups in total. The maximum absolute atomic E-state index is 14.2. The second-order valence-corrected chi connectivity index (χ2v) is 9.34. The van der Waals surface area contributed by atoms with E-state index in [1.165, 1.54) is 17.2 Å². The van der Waals surface area contributed by atoms with Crippen molar-refractivity contribution in [3.05, 3.63) is 83.2 Å². The summed E-state index contributed by atoms with van der Waals surface area (Å²) in [5.41, 5.74) is 6.69. The van der Waals surface area contributed by atoms with E-state index in [0.29, 0.717) is 23.3 Å². The van der Waals surface area contributed by atoms with Gasteiger partial charge in [-0.15, -0.1) is 0 Å². The summed E-state index contributed by atoms with van der Waals surface area (Å²) >= 11 is 0. The molecule has 0 amide bonds. The SMILES string of the molecule is Cc1cc(-c2nc(-c3ccc4c(c3)CN(C3CC(C=O)C3)C4)no2)ccc1-c1ccccc1F. The van der Waals surface area contributed by atoms with Crippen LogP contribution >= 0.6 is 0 Å². The third-order valence-electron chi connectivity index (χ3n) is 7.13. The van der Waals surface area contributed by atoms with E-state index in [2.05, 4.69) is 27.2 Å². The molecule has 0 radical (unpaired) electrons. The summed E-state index contributed by atoms with van der Waals surface area (Å²) < 4.78 is 19.8. The molecule has 3 aromatic carbocycles. The number of aryl methyl sites for hydroxylation is 1. The van der Waals surface area contributed by atoms with Gasteiger partial charge in [-0.3, -0.25) is 4.90 Å². The minimum Gasteiger partial charge on any atom is -0.334 e. The van der Waals surface area contributed by atoms with Crippen LogP contribution in [0.5, 0.6) is 0 Å². The molecule has 0 spiro atoms. The van der Waals surface area contributed by atoms with Gasteiger partial charge in [-0.1, -0.05) is 41.6 Å². The Morgan fingerprint density at radius 3 is 2.56 bits per heavy atom. The fourth-order valence-electron chi connectivity index (χ4n) is 5.09. The van der Waals surface area contributed by atoms with Crippen LogP contribution in [0, 0.1) is 18.7 Å². The van der Waals surface area contributed by atoms with Crippen LogP contribution in [0.4, 0.5) is 4.39 Å². The quantitative estimate of drug-likeness (QED) is 0.357. The number of rotatable bonds is 5. The summed E-state index contributed by atoms with van der Waals surface area (Å²) in [4.78, 5) is 18.0. The highest BCUT2D eigenvalue weighted by Gasteiger charge is 2.36. The standard InChI is InChI=1S/C28H24FN3O2/c1-17-10-20(8-9-24(17)25-4-2-3-5-26(25)29)28-30-27(31-34-28)19-6-7-21-14-32(15-22(21)13-19)23-11-18(12-23)16-33/h2-10,13,16,18,23H,11-12,14-15H2,1H3. The zero-order valence-electron chi connectivity index (χ0n) is 18.9. The molecule has 1 fully saturated rings. The lowest BCUT2D eigenvalue weighted by Crippen LogP contribution is -2.42. The average Bonchev–Trinajstić information content (AvgIpc) is 3.46. The van der Waals surface area contributed by atoms with Crippen molar-refractivity contribution in [1.29, 1.82) is 0 Å². The molecule has 1 aromatic heterocycles. The zero-order chi connectivity index (χ0) is 23.2. The second-order valence-electron chi connectivity index (χ2n) is 9.34. The minimum absolute atomic E-state index is 0.228. The van der Waals surface area contributed by atoms with Gasteiger partial charge in [0, 0.05) is 41.7 Å². The van der Waals surface area contributed by atoms with Gasteiger partial charge in [0.2, 0.25) is 5.82 Å². The van der Waals surface area contributed by atoms with Crippen LogP contribution in [0.15, 0.2) is 65.2 Å². The highest BCUT2D eigenvalue weighted by molar-refractivity contribution is 5.72. The molecule has 2 heterocycles. The first-order valence-corrected chi connectivity index (χ1v) is 11.6. The van der Waals surface area contributed by atoms with Crippen LogP contribution in [0.1, 0.15) is 29.5 Å². The van der Waals surface area contributed by atoms with Gasteiger partial charge in [-0.25, -0.2) is 4.39 Å². The number of carbonyl (C=O) groups is 1. The van der Waals surface area contributed by atoms with Crippen LogP contribution in [0.2, 0.25) is 0 Å². The summed E-state index contributed by atoms with van der Waals surface area (Å²) in [6.45, 7) is 3.77. The van der Waals surface area contributed by atoms with Crippen molar-refractivity contribution in [1.82, 2.24) is 15.0 Å². The molecule has 5 nitrogen and oxygen atoms in total. The van der Waals surface area contributed by atoms with E-state index < -0.39 is 0 Å². The Morgan fingerprint density at radius 1 is 0.971 bits per heavy atom. The van der Waals surface area contributed by atoms with Gasteiger partial charge in [-0.05, 0) is 66.3 Å². The third-order valence-corrected chi connectivity index (χ3v) is 7.13. The number of hydrogen-bond donors (Lipinski definition) is 0. The fourth-order valence-corrected chi connectivity index (χ4v) is 5.09. The lowest BCUT2D eigenvalue weighted by atomic mass is 9.80. The Balaban J connectivity index is 1.22. The first-order chi connectivity index (χ1) is 16.6. The molecule has 6 heteroatoms. The fraction of sp³-hybridized carbons (Fsp3) is 0.250. The Morgan fingerprint density at radius 2 is 1.76 bits per heavy atom. The van der Waals surface area contributed by atoms with Crippen LogP contribution in [-0.4, -0.2) is 27.4 Å². The van der Waals surface area contributed by atoms with Crippen LogP contribution in [-0.2, 0) is 17.9 Å². The van der Waals surface area contributed by atoms with Crippen LogP contribution < -0.4 is 0 Å². The van der Waals surface area contributed by atoms with Crippen molar-refractivity contribution in [2.45, 2.75) is 38.9 Å². The number of carbonyl (C=O) groups excluding carboxylic acids is 1. The summed E-state index contributed by atoms with van der Waals surface area (Å²) in [6, 6.07) is 19.3. The molecule has 34 heavy (non-hydrogen) atoms. The van der Waals surface area contributed by atoms with Crippen molar-refractivity contribution in [3.8, 4) is 34.0 Å². The van der Waals surface area contributed by atoms with Crippen molar-refractivity contribution >= 4 is 6.29 Å². The Hall–Kier alpha value is -3.64. The molecule has 1 aliphatic heterocycles. The summed E-state index contributed by atoms with van der Waals surface area (Å²) in [6.07, 6.45) is 3.02. The van der Waals surface area contributed by atoms with E-state index in [0.717, 1.165) is 54.5 Å². The number of halogens is 1. The number of fused-ring (bicyclic) bond motifs is 1. The van der Waals surface area contributed by atoms with E-state index in [-0.39, 0.29) is 11.7 Å². The monoisotopic (exact) mass is 453 g/mol. The van der Waals surface area contributed by atoms with E-state index in [1.54, 1.807) is 12.1 Å². The van der Waals surface area contributed by atoms with Crippen molar-refractivity contribution in [3.63, 3.8) is 0 Å². The number of nitrogens with zero attached hydrogens (tertiary/aromatic N) is 3. The topological polar surface area (TPSA) is 59.2 Å². The smallest absolute Gasteiger partial charge is 0.258 e. The normalized spacial score (nSPS) is 19.6. The predicted molar refractivity (Wildman–Crippen MR) is 127 cm³/mol. The molecule has 0 atom stereocenters. The van der Waals surface area contributed by atoms with Gasteiger partial charge >= 0.3 is 0 Å². The highest BCUT2D eigenvalue weighted by Crippen LogP contribution is 2.37. The Kier molecular flexibility index (Phi) is 5.11. The van der Waals surface area contributed by atoms with E-state index >= 15 is 0 Å². The van der Waals surface area contributed by atoms with E-state index in [9.17, 15) is 9.18 Å². The number of aldehydes is 1. The number of benzene rings is 3. The molecule has 170 valence electrons. The van der Waals surface area contributed by atoms with Gasteiger partial charge in [0.15, 0.2) is 0 Å². The van der Waals surface area contributed by atoms with Crippen LogP contribution in [0.25, 0.3) is 34.0 Å². The first kappa shape index (κ1) is 20.9. The van der Waals surface area contributed by atoms with Crippen molar-refractivity contribution < 1.29 is 13.7 Å². The average molecular weight is 454 g/mol. The molecule has 1 saturated carbocycles. The summed E-state index contributed by atoms with van der Waals surface area (Å²) in [7, 11) is 0. The molecule has 0 bridgehead atoms. The Bertz CT molecular complexity index is 1390. The molecule has 6 rings (SSSR count). The number of hydrogen-bond acceptors (Lipinski definition) is 5. The number of aromatic nitrogens is 2. The van der Waals surface area contributed by atoms with Crippen molar-refractivity contribution in [2.24, 2.45) is 5.92 Å². The van der Waals surface area contributed by atoms with Gasteiger partial charge in [0.05, 0.1) is 0 Å². The molecule has 2 aliphatic rings. The molecule has 1 aliphatic carbocycles. The van der Waals surface area contributed by atoms with Gasteiger partial charge in [0.25, 0.3) is 5.89 Å². The van der Waals surface area contributed by atoms with Gasteiger partial charge < -0.3 is 9.32 Å². The third kappa shape index (κ3) is 3.64. The lowest BCUT2D eigenvalue weighted by Gasteiger charge is -2.38. The molecule has 0 saturated heterocycles. The second kappa shape index (κ2) is 8.29. The molecular formula is C28H24FN3O2. The largest absolute Gasteiger partial charge is 0.334 e. The lowest BCUT2D eigenvalue weighted by molar-refractivity contribution is -0.115. The summed E-state index contributed by atoms with van der Waals surface area (Å²) in [5, 5.41) is 4.22.